The van der Waals surface area contributed by atoms with Crippen LogP contribution in [0.3, 0.4) is 0 Å². The van der Waals surface area contributed by atoms with E-state index < -0.39 is 0 Å². The monoisotopic (exact) mass is 347 g/mol. The number of H-pyrrole nitrogens is 1. The van der Waals surface area contributed by atoms with Crippen molar-refractivity contribution in [1.29, 1.82) is 0 Å². The Morgan fingerprint density at radius 3 is 2.54 bits per heavy atom. The van der Waals surface area contributed by atoms with Crippen LogP contribution in [-0.2, 0) is 4.79 Å². The molecule has 0 unspecified atom stereocenters. The summed E-state index contributed by atoms with van der Waals surface area (Å²) in [5, 5.41) is 4.65. The smallest absolute Gasteiger partial charge is 0.267 e. The topological polar surface area (TPSA) is 65.2 Å². The molecule has 1 aromatic carbocycles. The fourth-order valence-corrected chi connectivity index (χ4v) is 3.52. The molecule has 1 heterocycles. The highest BCUT2D eigenvalue weighted by molar-refractivity contribution is 6.31. The molecule has 1 saturated carbocycles. The van der Waals surface area contributed by atoms with Gasteiger partial charge in [-0.1, -0.05) is 11.6 Å². The number of nitrogens with zero attached hydrogens (tertiary/aromatic N) is 1. The van der Waals surface area contributed by atoms with E-state index in [1.165, 1.54) is 0 Å². The first kappa shape index (κ1) is 16.8. The van der Waals surface area contributed by atoms with Gasteiger partial charge in [0.15, 0.2) is 0 Å². The summed E-state index contributed by atoms with van der Waals surface area (Å²) >= 11 is 5.98. The SMILES string of the molecule is CN(C)C(=O)C1CCC(NC(=O)c2cc3cc(Cl)ccc3[nH]2)CC1. The number of carbonyl (C=O) groups excluding carboxylic acids is 2. The first-order valence-electron chi connectivity index (χ1n) is 8.24. The largest absolute Gasteiger partial charge is 0.351 e. The average Bonchev–Trinajstić information content (AvgIpc) is 2.98. The molecule has 0 bridgehead atoms. The zero-order valence-electron chi connectivity index (χ0n) is 13.9. The van der Waals surface area contributed by atoms with E-state index in [-0.39, 0.29) is 23.8 Å². The van der Waals surface area contributed by atoms with Crippen LogP contribution in [-0.4, -0.2) is 41.8 Å². The number of fused-ring (bicyclic) bond motifs is 1. The van der Waals surface area contributed by atoms with Gasteiger partial charge < -0.3 is 15.2 Å². The fraction of sp³-hybridized carbons (Fsp3) is 0.444. The Labute approximate surface area is 146 Å². The number of halogens is 1. The molecule has 128 valence electrons. The van der Waals surface area contributed by atoms with Gasteiger partial charge >= 0.3 is 0 Å². The van der Waals surface area contributed by atoms with Gasteiger partial charge in [0, 0.05) is 42.0 Å². The molecule has 1 aliphatic rings. The Morgan fingerprint density at radius 2 is 1.88 bits per heavy atom. The third-order valence-electron chi connectivity index (χ3n) is 4.68. The van der Waals surface area contributed by atoms with Crippen LogP contribution in [0.1, 0.15) is 36.2 Å². The van der Waals surface area contributed by atoms with Crippen LogP contribution in [0.15, 0.2) is 24.3 Å². The predicted molar refractivity (Wildman–Crippen MR) is 95.2 cm³/mol. The van der Waals surface area contributed by atoms with Gasteiger partial charge in [0.1, 0.15) is 5.69 Å². The van der Waals surface area contributed by atoms with Crippen molar-refractivity contribution in [3.63, 3.8) is 0 Å². The first-order valence-corrected chi connectivity index (χ1v) is 8.62. The van der Waals surface area contributed by atoms with Gasteiger partial charge in [-0.2, -0.15) is 0 Å². The lowest BCUT2D eigenvalue weighted by molar-refractivity contribution is -0.134. The minimum Gasteiger partial charge on any atom is -0.351 e. The molecule has 0 saturated heterocycles. The Balaban J connectivity index is 1.60. The number of hydrogen-bond donors (Lipinski definition) is 2. The highest BCUT2D eigenvalue weighted by Gasteiger charge is 2.28. The molecule has 1 fully saturated rings. The summed E-state index contributed by atoms with van der Waals surface area (Å²) in [5.41, 5.74) is 1.43. The van der Waals surface area contributed by atoms with Gasteiger partial charge in [0.05, 0.1) is 0 Å². The maximum Gasteiger partial charge on any atom is 0.267 e. The minimum atomic E-state index is -0.107. The van der Waals surface area contributed by atoms with E-state index in [4.69, 9.17) is 11.6 Å². The molecule has 0 atom stereocenters. The van der Waals surface area contributed by atoms with Crippen LogP contribution in [0, 0.1) is 5.92 Å². The summed E-state index contributed by atoms with van der Waals surface area (Å²) in [6, 6.07) is 7.44. The van der Waals surface area contributed by atoms with E-state index in [0.717, 1.165) is 36.6 Å². The predicted octanol–water partition coefficient (Wildman–Crippen LogP) is 3.20. The molecule has 0 radical (unpaired) electrons. The molecule has 1 aromatic heterocycles. The molecule has 0 spiro atoms. The number of benzene rings is 1. The number of hydrogen-bond acceptors (Lipinski definition) is 2. The van der Waals surface area contributed by atoms with Crippen molar-refractivity contribution in [3.8, 4) is 0 Å². The molecular weight excluding hydrogens is 326 g/mol. The molecular formula is C18H22ClN3O2. The quantitative estimate of drug-likeness (QED) is 0.895. The van der Waals surface area contributed by atoms with Crippen LogP contribution >= 0.6 is 11.6 Å². The Kier molecular flexibility index (Phi) is 4.81. The highest BCUT2D eigenvalue weighted by atomic mass is 35.5. The van der Waals surface area contributed by atoms with Crippen LogP contribution in [0.2, 0.25) is 5.02 Å². The third kappa shape index (κ3) is 3.56. The molecule has 0 aliphatic heterocycles. The van der Waals surface area contributed by atoms with Gasteiger partial charge in [0.2, 0.25) is 5.91 Å². The summed E-state index contributed by atoms with van der Waals surface area (Å²) in [6.07, 6.45) is 3.32. The van der Waals surface area contributed by atoms with Crippen LogP contribution in [0.5, 0.6) is 0 Å². The second kappa shape index (κ2) is 6.85. The van der Waals surface area contributed by atoms with Crippen LogP contribution in [0.4, 0.5) is 0 Å². The molecule has 6 heteroatoms. The number of aromatic amines is 1. The lowest BCUT2D eigenvalue weighted by Gasteiger charge is -2.29. The van der Waals surface area contributed by atoms with Crippen molar-refractivity contribution >= 4 is 34.3 Å². The zero-order valence-corrected chi connectivity index (χ0v) is 14.7. The van der Waals surface area contributed by atoms with Gasteiger partial charge in [-0.25, -0.2) is 0 Å². The van der Waals surface area contributed by atoms with E-state index >= 15 is 0 Å². The van der Waals surface area contributed by atoms with Crippen molar-refractivity contribution in [3.05, 3.63) is 35.0 Å². The number of amides is 2. The molecule has 3 rings (SSSR count). The molecule has 1 aliphatic carbocycles. The average molecular weight is 348 g/mol. The Hall–Kier alpha value is -2.01. The molecule has 5 nitrogen and oxygen atoms in total. The fourth-order valence-electron chi connectivity index (χ4n) is 3.34. The van der Waals surface area contributed by atoms with Gasteiger partial charge in [-0.3, -0.25) is 9.59 Å². The third-order valence-corrected chi connectivity index (χ3v) is 4.91. The van der Waals surface area contributed by atoms with Crippen molar-refractivity contribution in [2.75, 3.05) is 14.1 Å². The summed E-state index contributed by atoms with van der Waals surface area (Å²) in [4.78, 5) is 29.2. The van der Waals surface area contributed by atoms with E-state index in [2.05, 4.69) is 10.3 Å². The zero-order chi connectivity index (χ0) is 17.3. The number of nitrogens with one attached hydrogen (secondary N) is 2. The summed E-state index contributed by atoms with van der Waals surface area (Å²) in [5.74, 6) is 0.167. The van der Waals surface area contributed by atoms with E-state index in [1.54, 1.807) is 25.1 Å². The summed E-state index contributed by atoms with van der Waals surface area (Å²) in [7, 11) is 3.58. The molecule has 24 heavy (non-hydrogen) atoms. The van der Waals surface area contributed by atoms with Crippen molar-refractivity contribution < 1.29 is 9.59 Å². The minimum absolute atomic E-state index is 0.0865. The van der Waals surface area contributed by atoms with E-state index in [9.17, 15) is 9.59 Å². The lowest BCUT2D eigenvalue weighted by Crippen LogP contribution is -2.40. The number of carbonyl (C=O) groups is 2. The molecule has 2 amide bonds. The Morgan fingerprint density at radius 1 is 1.17 bits per heavy atom. The number of rotatable bonds is 3. The maximum absolute atomic E-state index is 12.4. The second-order valence-electron chi connectivity index (χ2n) is 6.67. The molecule has 2 N–H and O–H groups in total. The van der Waals surface area contributed by atoms with Crippen LogP contribution < -0.4 is 5.32 Å². The highest BCUT2D eigenvalue weighted by Crippen LogP contribution is 2.26. The Bertz CT molecular complexity index is 761. The van der Waals surface area contributed by atoms with E-state index in [0.29, 0.717) is 10.7 Å². The first-order chi connectivity index (χ1) is 11.4. The van der Waals surface area contributed by atoms with Gasteiger partial charge in [0.25, 0.3) is 5.91 Å². The molecule has 2 aromatic rings. The maximum atomic E-state index is 12.4. The van der Waals surface area contributed by atoms with Crippen molar-refractivity contribution in [1.82, 2.24) is 15.2 Å². The second-order valence-corrected chi connectivity index (χ2v) is 7.11. The van der Waals surface area contributed by atoms with E-state index in [1.807, 2.05) is 18.2 Å². The van der Waals surface area contributed by atoms with Crippen molar-refractivity contribution in [2.24, 2.45) is 5.92 Å². The van der Waals surface area contributed by atoms with Crippen molar-refractivity contribution in [2.45, 2.75) is 31.7 Å². The lowest BCUT2D eigenvalue weighted by atomic mass is 9.85. The normalized spacial score (nSPS) is 20.8. The van der Waals surface area contributed by atoms with Crippen LogP contribution in [0.25, 0.3) is 10.9 Å². The summed E-state index contributed by atoms with van der Waals surface area (Å²) < 4.78 is 0. The van der Waals surface area contributed by atoms with Gasteiger partial charge in [-0.05, 0) is 49.9 Å². The number of aromatic nitrogens is 1. The van der Waals surface area contributed by atoms with Gasteiger partial charge in [-0.15, -0.1) is 0 Å². The standard InChI is InChI=1S/C18H22ClN3O2/c1-22(2)18(24)11-3-6-14(7-4-11)20-17(23)16-10-12-9-13(19)5-8-15(12)21-16/h5,8-11,14,21H,3-4,6-7H2,1-2H3,(H,20,23). The summed E-state index contributed by atoms with van der Waals surface area (Å²) in [6.45, 7) is 0.